The summed E-state index contributed by atoms with van der Waals surface area (Å²) in [6, 6.07) is 12.5. The second kappa shape index (κ2) is 7.74. The van der Waals surface area contributed by atoms with E-state index in [0.717, 1.165) is 47.7 Å². The first-order valence-electron chi connectivity index (χ1n) is 10.0. The minimum absolute atomic E-state index is 0.112. The van der Waals surface area contributed by atoms with Gasteiger partial charge in [-0.1, -0.05) is 29.8 Å². The average Bonchev–Trinajstić information content (AvgIpc) is 2.72. The molecule has 0 fully saturated rings. The van der Waals surface area contributed by atoms with Crippen LogP contribution in [-0.4, -0.2) is 0 Å². The lowest BCUT2D eigenvalue weighted by Gasteiger charge is -2.18. The molecule has 0 aliphatic heterocycles. The molecule has 0 N–H and O–H groups in total. The average molecular weight is 434 g/mol. The van der Waals surface area contributed by atoms with Crippen molar-refractivity contribution in [1.82, 2.24) is 0 Å². The third kappa shape index (κ3) is 4.48. The van der Waals surface area contributed by atoms with Gasteiger partial charge in [0.2, 0.25) is 0 Å². The van der Waals surface area contributed by atoms with Crippen molar-refractivity contribution in [3.05, 3.63) is 76.9 Å². The molecular weight excluding hydrogens is 414 g/mol. The Morgan fingerprint density at radius 1 is 0.581 bits per heavy atom. The fraction of sp³-hybridized carbons (Fsp3) is 0.280. The van der Waals surface area contributed by atoms with Crippen LogP contribution in [0.2, 0.25) is 0 Å². The minimum atomic E-state index is -4.87. The van der Waals surface area contributed by atoms with Crippen LogP contribution in [0.1, 0.15) is 49.3 Å². The number of rotatable bonds is 2. The van der Waals surface area contributed by atoms with Crippen molar-refractivity contribution in [2.24, 2.45) is 0 Å². The van der Waals surface area contributed by atoms with E-state index < -0.39 is 23.5 Å². The minimum Gasteiger partial charge on any atom is -0.166 e. The molecule has 0 aromatic heterocycles. The molecule has 6 heteroatoms. The molecule has 0 saturated heterocycles. The maximum Gasteiger partial charge on any atom is 0.416 e. The van der Waals surface area contributed by atoms with Gasteiger partial charge in [-0.2, -0.15) is 26.3 Å². The Hall–Kier alpha value is -2.76. The van der Waals surface area contributed by atoms with E-state index in [1.165, 1.54) is 17.6 Å². The molecule has 1 aliphatic rings. The zero-order valence-electron chi connectivity index (χ0n) is 16.8. The predicted octanol–water partition coefficient (Wildman–Crippen LogP) is 8.89. The molecule has 3 aromatic rings. The van der Waals surface area contributed by atoms with Gasteiger partial charge in [-0.05, 0) is 96.0 Å². The summed E-state index contributed by atoms with van der Waals surface area (Å²) in [5.74, 6) is 0. The molecule has 0 unspecified atom stereocenters. The standard InChI is InChI=1S/C25H20F6/c1-15-4-2-3-5-23(15)19-9-8-16-10-18(7-6-17(16)11-19)20-12-21(24(26,27)28)14-22(13-20)25(29,30)31/h6-14H,2-5H2,1H3. The smallest absolute Gasteiger partial charge is 0.166 e. The van der Waals surface area contributed by atoms with Crippen LogP contribution in [0, 0.1) is 0 Å². The van der Waals surface area contributed by atoms with Crippen LogP contribution in [0.3, 0.4) is 0 Å². The Balaban J connectivity index is 1.79. The van der Waals surface area contributed by atoms with E-state index in [9.17, 15) is 26.3 Å². The van der Waals surface area contributed by atoms with Crippen molar-refractivity contribution in [3.8, 4) is 11.1 Å². The summed E-state index contributed by atoms with van der Waals surface area (Å²) in [5, 5.41) is 1.66. The molecule has 0 amide bonds. The molecule has 31 heavy (non-hydrogen) atoms. The van der Waals surface area contributed by atoms with Gasteiger partial charge in [0.05, 0.1) is 11.1 Å². The second-order valence-electron chi connectivity index (χ2n) is 8.04. The van der Waals surface area contributed by atoms with Crippen molar-refractivity contribution in [2.75, 3.05) is 0 Å². The van der Waals surface area contributed by atoms with E-state index in [1.807, 2.05) is 18.2 Å². The van der Waals surface area contributed by atoms with Gasteiger partial charge < -0.3 is 0 Å². The van der Waals surface area contributed by atoms with Crippen molar-refractivity contribution in [1.29, 1.82) is 0 Å². The van der Waals surface area contributed by atoms with E-state index in [4.69, 9.17) is 0 Å². The van der Waals surface area contributed by atoms with Crippen LogP contribution < -0.4 is 0 Å². The Bertz CT molecular complexity index is 1130. The number of allylic oxidation sites excluding steroid dienone is 2. The van der Waals surface area contributed by atoms with Gasteiger partial charge in [-0.3, -0.25) is 0 Å². The molecule has 0 nitrogen and oxygen atoms in total. The monoisotopic (exact) mass is 434 g/mol. The highest BCUT2D eigenvalue weighted by Gasteiger charge is 2.37. The first-order chi connectivity index (χ1) is 14.5. The van der Waals surface area contributed by atoms with Gasteiger partial charge in [0, 0.05) is 0 Å². The fourth-order valence-electron chi connectivity index (χ4n) is 4.18. The topological polar surface area (TPSA) is 0 Å². The molecule has 0 heterocycles. The largest absolute Gasteiger partial charge is 0.416 e. The van der Waals surface area contributed by atoms with Crippen LogP contribution in [0.5, 0.6) is 0 Å². The molecule has 0 spiro atoms. The number of hydrogen-bond acceptors (Lipinski definition) is 0. The van der Waals surface area contributed by atoms with Crippen molar-refractivity contribution < 1.29 is 26.3 Å². The highest BCUT2D eigenvalue weighted by atomic mass is 19.4. The number of hydrogen-bond donors (Lipinski definition) is 0. The predicted molar refractivity (Wildman–Crippen MR) is 110 cm³/mol. The van der Waals surface area contributed by atoms with Crippen LogP contribution >= 0.6 is 0 Å². The van der Waals surface area contributed by atoms with Crippen molar-refractivity contribution in [3.63, 3.8) is 0 Å². The van der Waals surface area contributed by atoms with E-state index in [0.29, 0.717) is 5.56 Å². The Morgan fingerprint density at radius 3 is 1.65 bits per heavy atom. The summed E-state index contributed by atoms with van der Waals surface area (Å²) >= 11 is 0. The zero-order chi connectivity index (χ0) is 22.4. The van der Waals surface area contributed by atoms with E-state index in [2.05, 4.69) is 6.92 Å². The lowest BCUT2D eigenvalue weighted by atomic mass is 9.87. The quantitative estimate of drug-likeness (QED) is 0.353. The Morgan fingerprint density at radius 2 is 1.10 bits per heavy atom. The number of alkyl halides is 6. The maximum atomic E-state index is 13.2. The number of halogens is 6. The van der Waals surface area contributed by atoms with Crippen LogP contribution in [-0.2, 0) is 12.4 Å². The van der Waals surface area contributed by atoms with Crippen LogP contribution in [0.15, 0.2) is 60.2 Å². The summed E-state index contributed by atoms with van der Waals surface area (Å²) in [5.41, 5.74) is 1.38. The fourth-order valence-corrected chi connectivity index (χ4v) is 4.18. The second-order valence-corrected chi connectivity index (χ2v) is 8.04. The van der Waals surface area contributed by atoms with Crippen LogP contribution in [0.4, 0.5) is 26.3 Å². The summed E-state index contributed by atoms with van der Waals surface area (Å²) < 4.78 is 79.1. The highest BCUT2D eigenvalue weighted by molar-refractivity contribution is 5.90. The summed E-state index contributed by atoms with van der Waals surface area (Å²) in [6.45, 7) is 2.13. The maximum absolute atomic E-state index is 13.2. The molecule has 1 aliphatic carbocycles. The lowest BCUT2D eigenvalue weighted by Crippen LogP contribution is -2.11. The normalized spacial score (nSPS) is 15.6. The van der Waals surface area contributed by atoms with Gasteiger partial charge in [0.1, 0.15) is 0 Å². The van der Waals surface area contributed by atoms with Gasteiger partial charge in [-0.25, -0.2) is 0 Å². The molecule has 4 rings (SSSR count). The van der Waals surface area contributed by atoms with Crippen molar-refractivity contribution in [2.45, 2.75) is 45.0 Å². The number of fused-ring (bicyclic) bond motifs is 1. The van der Waals surface area contributed by atoms with Crippen LogP contribution in [0.25, 0.3) is 27.5 Å². The van der Waals surface area contributed by atoms with E-state index in [-0.39, 0.29) is 11.6 Å². The zero-order valence-corrected chi connectivity index (χ0v) is 16.8. The molecule has 0 saturated carbocycles. The lowest BCUT2D eigenvalue weighted by molar-refractivity contribution is -0.143. The summed E-state index contributed by atoms with van der Waals surface area (Å²) in [7, 11) is 0. The summed E-state index contributed by atoms with van der Waals surface area (Å²) in [4.78, 5) is 0. The third-order valence-electron chi connectivity index (χ3n) is 5.85. The Kier molecular flexibility index (Phi) is 5.36. The van der Waals surface area contributed by atoms with Gasteiger partial charge >= 0.3 is 12.4 Å². The van der Waals surface area contributed by atoms with Gasteiger partial charge in [0.25, 0.3) is 0 Å². The first-order valence-corrected chi connectivity index (χ1v) is 10.0. The van der Waals surface area contributed by atoms with E-state index >= 15 is 0 Å². The molecular formula is C25H20F6. The van der Waals surface area contributed by atoms with E-state index in [1.54, 1.807) is 18.2 Å². The SMILES string of the molecule is CC1=C(c2ccc3cc(-c4cc(C(F)(F)F)cc(C(F)(F)F)c4)ccc3c2)CCCC1. The Labute approximate surface area is 176 Å². The van der Waals surface area contributed by atoms with Crippen molar-refractivity contribution >= 4 is 16.3 Å². The molecule has 3 aromatic carbocycles. The van der Waals surface area contributed by atoms with Gasteiger partial charge in [-0.15, -0.1) is 0 Å². The number of benzene rings is 3. The molecule has 0 atom stereocenters. The molecule has 0 radical (unpaired) electrons. The highest BCUT2D eigenvalue weighted by Crippen LogP contribution is 2.39. The molecule has 0 bridgehead atoms. The summed E-state index contributed by atoms with van der Waals surface area (Å²) in [6.07, 6.45) is -5.33. The third-order valence-corrected chi connectivity index (χ3v) is 5.85. The molecule has 162 valence electrons. The first kappa shape index (κ1) is 21.5. The van der Waals surface area contributed by atoms with Gasteiger partial charge in [0.15, 0.2) is 0 Å².